The number of amides is 1. The highest BCUT2D eigenvalue weighted by molar-refractivity contribution is 7.84. The van der Waals surface area contributed by atoms with E-state index in [-0.39, 0.29) is 5.91 Å². The molecule has 0 aliphatic carbocycles. The molecule has 0 saturated carbocycles. The molecule has 0 bridgehead atoms. The van der Waals surface area contributed by atoms with Crippen LogP contribution < -0.4 is 11.1 Å². The molecule has 0 radical (unpaired) electrons. The minimum atomic E-state index is -0.848. The van der Waals surface area contributed by atoms with Gasteiger partial charge in [-0.25, -0.2) is 0 Å². The molecule has 1 rings (SSSR count). The first kappa shape index (κ1) is 13.8. The molecule has 17 heavy (non-hydrogen) atoms. The molecule has 3 N–H and O–H groups in total. The number of anilines is 1. The summed E-state index contributed by atoms with van der Waals surface area (Å²) in [4.78, 5) is 11.8. The SMILES string of the molecule is CCn1cc(N)cc1C(=O)NCCS(=O)CC. The predicted octanol–water partition coefficient (Wildman–Crippen LogP) is 0.589. The maximum atomic E-state index is 11.8. The Morgan fingerprint density at radius 1 is 1.53 bits per heavy atom. The van der Waals surface area contributed by atoms with Crippen molar-refractivity contribution >= 4 is 22.4 Å². The van der Waals surface area contributed by atoms with Crippen molar-refractivity contribution in [1.29, 1.82) is 0 Å². The first-order valence-electron chi connectivity index (χ1n) is 5.67. The Morgan fingerprint density at radius 2 is 2.24 bits per heavy atom. The Morgan fingerprint density at radius 3 is 2.82 bits per heavy atom. The monoisotopic (exact) mass is 257 g/mol. The molecule has 1 amide bonds. The average Bonchev–Trinajstić information content (AvgIpc) is 2.70. The zero-order valence-electron chi connectivity index (χ0n) is 10.2. The summed E-state index contributed by atoms with van der Waals surface area (Å²) in [6.07, 6.45) is 1.74. The van der Waals surface area contributed by atoms with Crippen molar-refractivity contribution in [3.05, 3.63) is 18.0 Å². The van der Waals surface area contributed by atoms with Crippen LogP contribution in [0.2, 0.25) is 0 Å². The van der Waals surface area contributed by atoms with E-state index < -0.39 is 10.8 Å². The Bertz CT molecular complexity index is 415. The van der Waals surface area contributed by atoms with Crippen LogP contribution in [0.3, 0.4) is 0 Å². The number of nitrogen functional groups attached to an aromatic ring is 1. The second-order valence-corrected chi connectivity index (χ2v) is 5.50. The third-order valence-corrected chi connectivity index (χ3v) is 3.73. The summed E-state index contributed by atoms with van der Waals surface area (Å²) in [6.45, 7) is 4.93. The minimum absolute atomic E-state index is 0.170. The van der Waals surface area contributed by atoms with Gasteiger partial charge < -0.3 is 15.6 Å². The largest absolute Gasteiger partial charge is 0.397 e. The lowest BCUT2D eigenvalue weighted by atomic mass is 10.4. The van der Waals surface area contributed by atoms with Gasteiger partial charge in [0.15, 0.2) is 0 Å². The number of nitrogens with one attached hydrogen (secondary N) is 1. The summed E-state index contributed by atoms with van der Waals surface area (Å²) in [5.74, 6) is 0.940. The molecule has 0 fully saturated rings. The van der Waals surface area contributed by atoms with E-state index in [2.05, 4.69) is 5.32 Å². The quantitative estimate of drug-likeness (QED) is 0.783. The number of aromatic nitrogens is 1. The number of nitrogens with zero attached hydrogens (tertiary/aromatic N) is 1. The van der Waals surface area contributed by atoms with Gasteiger partial charge in [-0.2, -0.15) is 0 Å². The lowest BCUT2D eigenvalue weighted by molar-refractivity contribution is 0.0947. The normalized spacial score (nSPS) is 12.4. The third-order valence-electron chi connectivity index (χ3n) is 2.43. The van der Waals surface area contributed by atoms with E-state index >= 15 is 0 Å². The Hall–Kier alpha value is -1.30. The second kappa shape index (κ2) is 6.44. The molecule has 0 saturated heterocycles. The number of aryl methyl sites for hydroxylation is 1. The van der Waals surface area contributed by atoms with Gasteiger partial charge in [0.2, 0.25) is 0 Å². The van der Waals surface area contributed by atoms with Crippen molar-refractivity contribution in [3.63, 3.8) is 0 Å². The zero-order chi connectivity index (χ0) is 12.8. The molecule has 0 aromatic carbocycles. The van der Waals surface area contributed by atoms with Crippen molar-refractivity contribution in [2.75, 3.05) is 23.8 Å². The van der Waals surface area contributed by atoms with Crippen molar-refractivity contribution in [1.82, 2.24) is 9.88 Å². The van der Waals surface area contributed by atoms with Crippen LogP contribution in [0.25, 0.3) is 0 Å². The van der Waals surface area contributed by atoms with E-state index in [1.54, 1.807) is 16.8 Å². The van der Waals surface area contributed by atoms with Crippen molar-refractivity contribution in [2.45, 2.75) is 20.4 Å². The van der Waals surface area contributed by atoms with Gasteiger partial charge >= 0.3 is 0 Å². The van der Waals surface area contributed by atoms with E-state index in [9.17, 15) is 9.00 Å². The number of carbonyl (C=O) groups excluding carboxylic acids is 1. The van der Waals surface area contributed by atoms with Crippen LogP contribution in [-0.4, -0.2) is 32.7 Å². The number of carbonyl (C=O) groups is 1. The van der Waals surface area contributed by atoms with Gasteiger partial charge in [0.05, 0.1) is 5.69 Å². The topological polar surface area (TPSA) is 77.1 Å². The summed E-state index contributed by atoms with van der Waals surface area (Å²) < 4.78 is 13.0. The van der Waals surface area contributed by atoms with Gasteiger partial charge in [0.25, 0.3) is 5.91 Å². The fourth-order valence-corrected chi connectivity index (χ4v) is 2.12. The molecule has 0 aliphatic rings. The number of hydrogen-bond donors (Lipinski definition) is 2. The van der Waals surface area contributed by atoms with Gasteiger partial charge in [-0.1, -0.05) is 6.92 Å². The summed E-state index contributed by atoms with van der Waals surface area (Å²) in [7, 11) is -0.848. The van der Waals surface area contributed by atoms with Gasteiger partial charge in [0.1, 0.15) is 5.69 Å². The maximum Gasteiger partial charge on any atom is 0.268 e. The fraction of sp³-hybridized carbons (Fsp3) is 0.545. The van der Waals surface area contributed by atoms with E-state index in [0.717, 1.165) is 0 Å². The summed E-state index contributed by atoms with van der Waals surface area (Å²) in [5, 5.41) is 2.74. The third kappa shape index (κ3) is 3.89. The molecular formula is C11H19N3O2S. The Kier molecular flexibility index (Phi) is 5.21. The van der Waals surface area contributed by atoms with E-state index in [4.69, 9.17) is 5.73 Å². The molecule has 0 aliphatic heterocycles. The molecule has 1 atom stereocenters. The first-order chi connectivity index (χ1) is 8.08. The number of nitrogens with two attached hydrogens (primary N) is 1. The Labute approximate surface area is 104 Å². The first-order valence-corrected chi connectivity index (χ1v) is 7.16. The van der Waals surface area contributed by atoms with Gasteiger partial charge in [-0.3, -0.25) is 9.00 Å². The number of rotatable bonds is 6. The highest BCUT2D eigenvalue weighted by atomic mass is 32.2. The van der Waals surface area contributed by atoms with Crippen molar-refractivity contribution in [3.8, 4) is 0 Å². The van der Waals surface area contributed by atoms with Crippen LogP contribution >= 0.6 is 0 Å². The molecule has 1 aromatic heterocycles. The minimum Gasteiger partial charge on any atom is -0.397 e. The van der Waals surface area contributed by atoms with Crippen LogP contribution in [0.5, 0.6) is 0 Å². The standard InChI is InChI=1S/C11H19N3O2S/c1-3-14-8-9(12)7-10(14)11(15)13-5-6-17(16)4-2/h7-8H,3-6,12H2,1-2H3,(H,13,15). The highest BCUT2D eigenvalue weighted by Crippen LogP contribution is 2.10. The molecule has 96 valence electrons. The Balaban J connectivity index is 2.54. The molecule has 1 unspecified atom stereocenters. The van der Waals surface area contributed by atoms with Gasteiger partial charge in [-0.15, -0.1) is 0 Å². The van der Waals surface area contributed by atoms with E-state index in [1.807, 2.05) is 13.8 Å². The smallest absolute Gasteiger partial charge is 0.268 e. The van der Waals surface area contributed by atoms with Crippen LogP contribution in [0.1, 0.15) is 24.3 Å². The lowest BCUT2D eigenvalue weighted by Crippen LogP contribution is -2.29. The highest BCUT2D eigenvalue weighted by Gasteiger charge is 2.11. The molecular weight excluding hydrogens is 238 g/mol. The van der Waals surface area contributed by atoms with Crippen molar-refractivity contribution < 1.29 is 9.00 Å². The molecule has 6 heteroatoms. The summed E-state index contributed by atoms with van der Waals surface area (Å²) in [6, 6.07) is 1.65. The molecule has 5 nitrogen and oxygen atoms in total. The predicted molar refractivity (Wildman–Crippen MR) is 70.4 cm³/mol. The lowest BCUT2D eigenvalue weighted by Gasteiger charge is -2.07. The van der Waals surface area contributed by atoms with Crippen LogP contribution in [0, 0.1) is 0 Å². The van der Waals surface area contributed by atoms with Gasteiger partial charge in [-0.05, 0) is 13.0 Å². The van der Waals surface area contributed by atoms with Crippen LogP contribution in [-0.2, 0) is 17.3 Å². The average molecular weight is 257 g/mol. The molecule has 0 spiro atoms. The summed E-state index contributed by atoms with van der Waals surface area (Å²) >= 11 is 0. The fourth-order valence-electron chi connectivity index (χ4n) is 1.50. The van der Waals surface area contributed by atoms with Crippen LogP contribution in [0.15, 0.2) is 12.3 Å². The van der Waals surface area contributed by atoms with E-state index in [0.29, 0.717) is 36.0 Å². The summed E-state index contributed by atoms with van der Waals surface area (Å²) in [5.41, 5.74) is 6.77. The van der Waals surface area contributed by atoms with E-state index in [1.165, 1.54) is 0 Å². The molecule has 1 aromatic rings. The zero-order valence-corrected chi connectivity index (χ0v) is 11.0. The van der Waals surface area contributed by atoms with Gasteiger partial charge in [0, 0.05) is 41.6 Å². The second-order valence-electron chi connectivity index (χ2n) is 3.63. The van der Waals surface area contributed by atoms with Crippen molar-refractivity contribution in [2.24, 2.45) is 0 Å². The number of hydrogen-bond acceptors (Lipinski definition) is 3. The molecule has 1 heterocycles. The van der Waals surface area contributed by atoms with Crippen LogP contribution in [0.4, 0.5) is 5.69 Å². The maximum absolute atomic E-state index is 11.8.